The molecule has 0 fully saturated rings. The molecule has 0 aliphatic carbocycles. The highest BCUT2D eigenvalue weighted by molar-refractivity contribution is 4.62. The normalized spacial score (nSPS) is 12.3. The van der Waals surface area contributed by atoms with Gasteiger partial charge < -0.3 is 0 Å². The third kappa shape index (κ3) is 42.1. The minimum absolute atomic E-state index is 1.04. The highest BCUT2D eigenvalue weighted by Crippen LogP contribution is 2.25. The Bertz CT molecular complexity index is 508. The molecule has 0 N–H and O–H groups in total. The Kier molecular flexibility index (Phi) is 44.0. The molecule has 0 radical (unpaired) electrons. The highest BCUT2D eigenvalue weighted by atomic mass is 14.1. The lowest BCUT2D eigenvalue weighted by molar-refractivity contribution is 0.366. The second kappa shape index (κ2) is 44.0. The van der Waals surface area contributed by atoms with Crippen LogP contribution < -0.4 is 0 Å². The maximum Gasteiger partial charge on any atom is -0.0414 e. The SMILES string of the molecule is CCCCCCCCCCCCCCCCCCCCCC(CCCCCC)CCCCCCCCCCCCCCCCCCC. The lowest BCUT2D eigenvalue weighted by atomic mass is 9.89. The maximum absolute atomic E-state index is 2.35. The van der Waals surface area contributed by atoms with E-state index in [0.29, 0.717) is 0 Å². The molecule has 0 aromatic rings. The number of hydrogen-bond donors (Lipinski definition) is 0. The van der Waals surface area contributed by atoms with Crippen LogP contribution in [0, 0.1) is 5.92 Å². The van der Waals surface area contributed by atoms with Crippen molar-refractivity contribution in [1.82, 2.24) is 0 Å². The van der Waals surface area contributed by atoms with Crippen LogP contribution in [0.25, 0.3) is 0 Å². The van der Waals surface area contributed by atoms with Gasteiger partial charge in [-0.05, 0) is 5.92 Å². The van der Waals surface area contributed by atoms with Gasteiger partial charge in [-0.25, -0.2) is 0 Å². The minimum atomic E-state index is 1.04. The van der Waals surface area contributed by atoms with Crippen LogP contribution in [0.4, 0.5) is 0 Å². The van der Waals surface area contributed by atoms with Crippen molar-refractivity contribution in [2.75, 3.05) is 0 Å². The Balaban J connectivity index is 3.57. The molecule has 0 saturated carbocycles. The van der Waals surface area contributed by atoms with Gasteiger partial charge in [0.15, 0.2) is 0 Å². The Labute approximate surface area is 302 Å². The molecule has 0 heteroatoms. The van der Waals surface area contributed by atoms with Crippen molar-refractivity contribution < 1.29 is 0 Å². The zero-order chi connectivity index (χ0) is 34.0. The van der Waals surface area contributed by atoms with Crippen molar-refractivity contribution in [3.63, 3.8) is 0 Å². The van der Waals surface area contributed by atoms with Gasteiger partial charge >= 0.3 is 0 Å². The lowest BCUT2D eigenvalue weighted by Crippen LogP contribution is -2.01. The summed E-state index contributed by atoms with van der Waals surface area (Å²) in [5.74, 6) is 1.04. The van der Waals surface area contributed by atoms with E-state index in [1.54, 1.807) is 0 Å². The largest absolute Gasteiger partial charge is 0.0654 e. The van der Waals surface area contributed by atoms with Crippen LogP contribution in [0.3, 0.4) is 0 Å². The van der Waals surface area contributed by atoms with Gasteiger partial charge in [-0.15, -0.1) is 0 Å². The maximum atomic E-state index is 2.35. The molecule has 47 heavy (non-hydrogen) atoms. The molecule has 0 rings (SSSR count). The first kappa shape index (κ1) is 47.0. The second-order valence-electron chi connectivity index (χ2n) is 16.3. The summed E-state index contributed by atoms with van der Waals surface area (Å²) in [6, 6.07) is 0. The molecular formula is C47H96. The summed E-state index contributed by atoms with van der Waals surface area (Å²) in [7, 11) is 0. The molecular weight excluding hydrogens is 565 g/mol. The van der Waals surface area contributed by atoms with Crippen molar-refractivity contribution in [3.05, 3.63) is 0 Å². The predicted molar refractivity (Wildman–Crippen MR) is 219 cm³/mol. The summed E-state index contributed by atoms with van der Waals surface area (Å²) < 4.78 is 0. The zero-order valence-electron chi connectivity index (χ0n) is 34.0. The average molecular weight is 661 g/mol. The minimum Gasteiger partial charge on any atom is -0.0654 e. The van der Waals surface area contributed by atoms with Gasteiger partial charge in [0.2, 0.25) is 0 Å². The molecule has 0 aliphatic rings. The fourth-order valence-electron chi connectivity index (χ4n) is 7.96. The van der Waals surface area contributed by atoms with E-state index in [1.807, 2.05) is 0 Å². The first-order chi connectivity index (χ1) is 23.3. The van der Waals surface area contributed by atoms with Gasteiger partial charge in [-0.1, -0.05) is 297 Å². The lowest BCUT2D eigenvalue weighted by Gasteiger charge is -2.17. The summed E-state index contributed by atoms with van der Waals surface area (Å²) >= 11 is 0. The molecule has 1 unspecified atom stereocenters. The Morgan fingerprint density at radius 3 is 0.468 bits per heavy atom. The van der Waals surface area contributed by atoms with Crippen LogP contribution in [0.2, 0.25) is 0 Å². The molecule has 0 heterocycles. The average Bonchev–Trinajstić information content (AvgIpc) is 3.08. The monoisotopic (exact) mass is 661 g/mol. The van der Waals surface area contributed by atoms with Crippen molar-refractivity contribution in [2.45, 2.75) is 297 Å². The summed E-state index contributed by atoms with van der Waals surface area (Å²) in [4.78, 5) is 0. The molecule has 0 spiro atoms. The molecule has 0 aromatic carbocycles. The fourth-order valence-corrected chi connectivity index (χ4v) is 7.96. The third-order valence-corrected chi connectivity index (χ3v) is 11.4. The Morgan fingerprint density at radius 1 is 0.170 bits per heavy atom. The number of rotatable bonds is 43. The zero-order valence-corrected chi connectivity index (χ0v) is 34.0. The van der Waals surface area contributed by atoms with Crippen molar-refractivity contribution in [3.8, 4) is 0 Å². The van der Waals surface area contributed by atoms with Crippen LogP contribution in [0.1, 0.15) is 297 Å². The van der Waals surface area contributed by atoms with E-state index in [9.17, 15) is 0 Å². The topological polar surface area (TPSA) is 0 Å². The van der Waals surface area contributed by atoms with E-state index in [-0.39, 0.29) is 0 Å². The summed E-state index contributed by atoms with van der Waals surface area (Å²) in [5.41, 5.74) is 0. The van der Waals surface area contributed by atoms with Crippen LogP contribution in [-0.2, 0) is 0 Å². The van der Waals surface area contributed by atoms with Crippen molar-refractivity contribution in [2.24, 2.45) is 5.92 Å². The van der Waals surface area contributed by atoms with Gasteiger partial charge in [-0.2, -0.15) is 0 Å². The first-order valence-corrected chi connectivity index (χ1v) is 23.3. The van der Waals surface area contributed by atoms with E-state index in [0.717, 1.165) is 5.92 Å². The summed E-state index contributed by atoms with van der Waals surface area (Å²) in [6.07, 6.45) is 63.8. The van der Waals surface area contributed by atoms with Crippen LogP contribution in [-0.4, -0.2) is 0 Å². The standard InChI is InChI=1S/C47H96/c1-4-7-10-13-15-17-19-21-23-25-26-28-30-32-34-36-38-40-43-46-47(44-41-12-9-6-3)45-42-39-37-35-33-31-29-27-24-22-20-18-16-14-11-8-5-2/h47H,4-46H2,1-3H3. The number of unbranched alkanes of at least 4 members (excludes halogenated alkanes) is 37. The van der Waals surface area contributed by atoms with E-state index in [4.69, 9.17) is 0 Å². The van der Waals surface area contributed by atoms with E-state index < -0.39 is 0 Å². The molecule has 0 saturated heterocycles. The van der Waals surface area contributed by atoms with Crippen molar-refractivity contribution in [1.29, 1.82) is 0 Å². The van der Waals surface area contributed by atoms with E-state index in [2.05, 4.69) is 20.8 Å². The molecule has 284 valence electrons. The highest BCUT2D eigenvalue weighted by Gasteiger charge is 2.09. The summed E-state index contributed by atoms with van der Waals surface area (Å²) in [5, 5.41) is 0. The smallest absolute Gasteiger partial charge is 0.0414 e. The second-order valence-corrected chi connectivity index (χ2v) is 16.3. The fraction of sp³-hybridized carbons (Fsp3) is 1.00. The van der Waals surface area contributed by atoms with Crippen LogP contribution in [0.15, 0.2) is 0 Å². The molecule has 0 nitrogen and oxygen atoms in total. The van der Waals surface area contributed by atoms with Crippen LogP contribution in [0.5, 0.6) is 0 Å². The Hall–Kier alpha value is 0. The van der Waals surface area contributed by atoms with E-state index in [1.165, 1.54) is 276 Å². The van der Waals surface area contributed by atoms with Crippen LogP contribution >= 0.6 is 0 Å². The first-order valence-electron chi connectivity index (χ1n) is 23.3. The molecule has 0 amide bonds. The quantitative estimate of drug-likeness (QED) is 0.0571. The third-order valence-electron chi connectivity index (χ3n) is 11.4. The van der Waals surface area contributed by atoms with Gasteiger partial charge in [-0.3, -0.25) is 0 Å². The van der Waals surface area contributed by atoms with Gasteiger partial charge in [0.1, 0.15) is 0 Å². The van der Waals surface area contributed by atoms with Gasteiger partial charge in [0, 0.05) is 0 Å². The van der Waals surface area contributed by atoms with Gasteiger partial charge in [0.25, 0.3) is 0 Å². The van der Waals surface area contributed by atoms with Crippen molar-refractivity contribution >= 4 is 0 Å². The predicted octanol–water partition coefficient (Wildman–Crippen LogP) is 18.4. The summed E-state index contributed by atoms with van der Waals surface area (Å²) in [6.45, 7) is 6.98. The molecule has 0 aromatic heterocycles. The molecule has 0 bridgehead atoms. The molecule has 1 atom stereocenters. The molecule has 0 aliphatic heterocycles. The van der Waals surface area contributed by atoms with E-state index >= 15 is 0 Å². The number of hydrogen-bond acceptors (Lipinski definition) is 0. The van der Waals surface area contributed by atoms with Gasteiger partial charge in [0.05, 0.1) is 0 Å². The Morgan fingerprint density at radius 2 is 0.298 bits per heavy atom.